The average Bonchev–Trinajstić information content (AvgIpc) is 3.01. The summed E-state index contributed by atoms with van der Waals surface area (Å²) in [6.07, 6.45) is 0.743. The van der Waals surface area contributed by atoms with Crippen LogP contribution in [0.25, 0.3) is 5.82 Å². The van der Waals surface area contributed by atoms with E-state index in [0.29, 0.717) is 5.69 Å². The molecule has 10 heteroatoms. The summed E-state index contributed by atoms with van der Waals surface area (Å²) in [5.74, 6) is -0.219. The maximum absolute atomic E-state index is 11.9. The van der Waals surface area contributed by atoms with Crippen molar-refractivity contribution in [2.24, 2.45) is 5.10 Å². The summed E-state index contributed by atoms with van der Waals surface area (Å²) >= 11 is 0. The van der Waals surface area contributed by atoms with Crippen LogP contribution in [0.2, 0.25) is 0 Å². The van der Waals surface area contributed by atoms with E-state index in [0.717, 1.165) is 12.1 Å². The first-order valence-electron chi connectivity index (χ1n) is 5.88. The Kier molecular flexibility index (Phi) is 3.73. The van der Waals surface area contributed by atoms with E-state index >= 15 is 0 Å². The van der Waals surface area contributed by atoms with Crippen molar-refractivity contribution < 1.29 is 9.42 Å². The van der Waals surface area contributed by atoms with Gasteiger partial charge in [-0.3, -0.25) is 4.79 Å². The molecule has 3 N–H and O–H groups in total. The second-order valence-electron chi connectivity index (χ2n) is 4.05. The fourth-order valence-electron chi connectivity index (χ4n) is 1.36. The van der Waals surface area contributed by atoms with Crippen molar-refractivity contribution in [1.29, 1.82) is 0 Å². The van der Waals surface area contributed by atoms with Crippen molar-refractivity contribution in [2.75, 3.05) is 5.73 Å². The molecule has 0 unspecified atom stereocenters. The summed E-state index contributed by atoms with van der Waals surface area (Å²) in [6, 6.07) is 0. The van der Waals surface area contributed by atoms with E-state index < -0.39 is 5.91 Å². The molecule has 2 aromatic heterocycles. The van der Waals surface area contributed by atoms with Crippen LogP contribution in [0.5, 0.6) is 0 Å². The molecule has 0 fully saturated rings. The normalized spacial score (nSPS) is 11.7. The van der Waals surface area contributed by atoms with Crippen LogP contribution in [-0.2, 0) is 0 Å². The fraction of sp³-hybridized carbons (Fsp3) is 0.400. The molecule has 106 valence electrons. The predicted molar refractivity (Wildman–Crippen MR) is 69.2 cm³/mol. The Bertz CT molecular complexity index is 656. The maximum Gasteiger partial charge on any atom is 0.293 e. The Labute approximate surface area is 114 Å². The third kappa shape index (κ3) is 2.48. The Morgan fingerprint density at radius 3 is 2.85 bits per heavy atom. The number of nitrogens with one attached hydrogen (secondary N) is 1. The fourth-order valence-corrected chi connectivity index (χ4v) is 1.36. The molecule has 0 aromatic carbocycles. The third-order valence-corrected chi connectivity index (χ3v) is 2.67. The Morgan fingerprint density at radius 1 is 1.50 bits per heavy atom. The van der Waals surface area contributed by atoms with E-state index in [-0.39, 0.29) is 17.3 Å². The van der Waals surface area contributed by atoms with Crippen LogP contribution >= 0.6 is 0 Å². The smallest absolute Gasteiger partial charge is 0.293 e. The first kappa shape index (κ1) is 13.6. The van der Waals surface area contributed by atoms with Crippen LogP contribution in [0.3, 0.4) is 0 Å². The number of nitrogen functional groups attached to an aromatic ring is 1. The summed E-state index contributed by atoms with van der Waals surface area (Å²) in [4.78, 5) is 11.9. The van der Waals surface area contributed by atoms with Gasteiger partial charge in [-0.05, 0) is 30.6 Å². The van der Waals surface area contributed by atoms with Gasteiger partial charge in [0.1, 0.15) is 0 Å². The number of carbonyl (C=O) groups is 1. The Morgan fingerprint density at radius 2 is 2.25 bits per heavy atom. The number of nitrogens with zero attached hydrogens (tertiary/aromatic N) is 6. The number of hydrogen-bond donors (Lipinski definition) is 2. The van der Waals surface area contributed by atoms with Gasteiger partial charge in [0.05, 0.1) is 5.69 Å². The lowest BCUT2D eigenvalue weighted by Crippen LogP contribution is -2.20. The van der Waals surface area contributed by atoms with Gasteiger partial charge in [0.15, 0.2) is 5.69 Å². The Hall–Kier alpha value is -2.78. The molecule has 0 aliphatic heterocycles. The molecule has 0 aliphatic rings. The largest absolute Gasteiger partial charge is 0.378 e. The van der Waals surface area contributed by atoms with Crippen molar-refractivity contribution in [2.45, 2.75) is 27.2 Å². The van der Waals surface area contributed by atoms with Crippen molar-refractivity contribution in [3.63, 3.8) is 0 Å². The van der Waals surface area contributed by atoms with Crippen LogP contribution in [0.15, 0.2) is 9.73 Å². The predicted octanol–water partition coefficient (Wildman–Crippen LogP) is 0.0566. The second kappa shape index (κ2) is 5.47. The molecule has 2 heterocycles. The monoisotopic (exact) mass is 278 g/mol. The number of nitrogens with two attached hydrogens (primary N) is 1. The lowest BCUT2D eigenvalue weighted by molar-refractivity contribution is 0.0949. The number of carbonyl (C=O) groups excluding carboxylic acids is 1. The summed E-state index contributed by atoms with van der Waals surface area (Å²) in [5.41, 5.74) is 9.35. The second-order valence-corrected chi connectivity index (χ2v) is 4.05. The van der Waals surface area contributed by atoms with E-state index in [1.54, 1.807) is 6.92 Å². The first-order valence-corrected chi connectivity index (χ1v) is 5.88. The molecule has 10 nitrogen and oxygen atoms in total. The molecule has 0 bridgehead atoms. The molecule has 0 aliphatic carbocycles. The molecule has 0 atom stereocenters. The Balaban J connectivity index is 2.25. The van der Waals surface area contributed by atoms with Gasteiger partial charge in [0.2, 0.25) is 11.6 Å². The molecule has 0 radical (unpaired) electrons. The zero-order valence-corrected chi connectivity index (χ0v) is 11.3. The van der Waals surface area contributed by atoms with Crippen LogP contribution < -0.4 is 11.2 Å². The number of hydrazone groups is 1. The average molecular weight is 278 g/mol. The minimum absolute atomic E-state index is 0.0600. The van der Waals surface area contributed by atoms with Gasteiger partial charge in [-0.1, -0.05) is 12.1 Å². The quantitative estimate of drug-likeness (QED) is 0.595. The maximum atomic E-state index is 11.9. The summed E-state index contributed by atoms with van der Waals surface area (Å²) in [6.45, 7) is 5.40. The molecule has 0 saturated carbocycles. The first-order chi connectivity index (χ1) is 9.54. The third-order valence-electron chi connectivity index (χ3n) is 2.67. The topological polar surface area (TPSA) is 137 Å². The SMILES string of the molecule is CC/C(C)=N\NC(=O)c1nnn(-c2nonc2N)c1C. The number of aromatic nitrogens is 5. The van der Waals surface area contributed by atoms with Crippen molar-refractivity contribution in [3.8, 4) is 5.82 Å². The van der Waals surface area contributed by atoms with Gasteiger partial charge in [-0.2, -0.15) is 9.78 Å². The standard InChI is InChI=1S/C10H14N8O2/c1-4-5(2)12-14-10(19)7-6(3)18(17-13-7)9-8(11)15-20-16-9/h4H2,1-3H3,(H2,11,15)(H,14,19)/b12-5-. The lowest BCUT2D eigenvalue weighted by Gasteiger charge is -2.00. The minimum Gasteiger partial charge on any atom is -0.378 e. The molecular weight excluding hydrogens is 264 g/mol. The highest BCUT2D eigenvalue weighted by molar-refractivity contribution is 5.94. The summed E-state index contributed by atoms with van der Waals surface area (Å²) in [5, 5.41) is 18.5. The number of anilines is 1. The van der Waals surface area contributed by atoms with Gasteiger partial charge >= 0.3 is 0 Å². The van der Waals surface area contributed by atoms with E-state index in [4.69, 9.17) is 5.73 Å². The highest BCUT2D eigenvalue weighted by Crippen LogP contribution is 2.14. The van der Waals surface area contributed by atoms with Crippen LogP contribution in [0.1, 0.15) is 36.5 Å². The summed E-state index contributed by atoms with van der Waals surface area (Å²) < 4.78 is 5.76. The van der Waals surface area contributed by atoms with Crippen LogP contribution in [0, 0.1) is 6.92 Å². The van der Waals surface area contributed by atoms with Gasteiger partial charge in [-0.15, -0.1) is 5.10 Å². The van der Waals surface area contributed by atoms with Crippen molar-refractivity contribution in [3.05, 3.63) is 11.4 Å². The molecule has 0 saturated heterocycles. The van der Waals surface area contributed by atoms with Crippen molar-refractivity contribution >= 4 is 17.4 Å². The van der Waals surface area contributed by atoms with E-state index in [1.165, 1.54) is 4.68 Å². The van der Waals surface area contributed by atoms with E-state index in [9.17, 15) is 4.79 Å². The number of hydrogen-bond acceptors (Lipinski definition) is 8. The molecule has 2 aromatic rings. The lowest BCUT2D eigenvalue weighted by atomic mass is 10.3. The van der Waals surface area contributed by atoms with Crippen molar-refractivity contribution in [1.82, 2.24) is 30.7 Å². The molecule has 0 spiro atoms. The van der Waals surface area contributed by atoms with Gasteiger partial charge < -0.3 is 5.73 Å². The zero-order valence-electron chi connectivity index (χ0n) is 11.3. The number of rotatable bonds is 4. The van der Waals surface area contributed by atoms with Crippen LogP contribution in [-0.4, -0.2) is 36.9 Å². The minimum atomic E-state index is -0.462. The highest BCUT2D eigenvalue weighted by atomic mass is 16.6. The zero-order chi connectivity index (χ0) is 14.7. The molecular formula is C10H14N8O2. The van der Waals surface area contributed by atoms with E-state index in [2.05, 4.69) is 35.8 Å². The highest BCUT2D eigenvalue weighted by Gasteiger charge is 2.20. The van der Waals surface area contributed by atoms with E-state index in [1.807, 2.05) is 13.8 Å². The number of amides is 1. The van der Waals surface area contributed by atoms with Gasteiger partial charge in [-0.25, -0.2) is 10.1 Å². The van der Waals surface area contributed by atoms with Gasteiger partial charge in [0, 0.05) is 5.71 Å². The summed E-state index contributed by atoms with van der Waals surface area (Å²) in [7, 11) is 0. The van der Waals surface area contributed by atoms with Crippen LogP contribution in [0.4, 0.5) is 5.82 Å². The molecule has 2 rings (SSSR count). The van der Waals surface area contributed by atoms with Gasteiger partial charge in [0.25, 0.3) is 5.91 Å². The molecule has 1 amide bonds. The molecule has 20 heavy (non-hydrogen) atoms.